The normalized spacial score (nSPS) is 12.4. The molecule has 0 aromatic rings. The first-order chi connectivity index (χ1) is 12.1. The molecule has 0 aliphatic rings. The summed E-state index contributed by atoms with van der Waals surface area (Å²) in [5.74, 6) is -3.50. The van der Waals surface area contributed by atoms with Gasteiger partial charge in [-0.25, -0.2) is 0 Å². The van der Waals surface area contributed by atoms with Gasteiger partial charge in [0.05, 0.1) is 6.61 Å². The van der Waals surface area contributed by atoms with Crippen LogP contribution < -0.4 is 0 Å². The summed E-state index contributed by atoms with van der Waals surface area (Å²) in [5.41, 5.74) is -1.13. The van der Waals surface area contributed by atoms with E-state index in [2.05, 4.69) is 0 Å². The highest BCUT2D eigenvalue weighted by atomic mass is 16.6. The van der Waals surface area contributed by atoms with E-state index < -0.39 is 35.7 Å². The van der Waals surface area contributed by atoms with Crippen LogP contribution in [0, 0.1) is 5.41 Å². The van der Waals surface area contributed by atoms with Crippen LogP contribution in [0.2, 0.25) is 0 Å². The highest BCUT2D eigenvalue weighted by Gasteiger charge is 2.47. The first kappa shape index (κ1) is 26.1. The molecule has 2 N–H and O–H groups in total. The van der Waals surface area contributed by atoms with E-state index in [1.165, 1.54) is 0 Å². The van der Waals surface area contributed by atoms with Crippen LogP contribution in [0.4, 0.5) is 0 Å². The molecule has 0 heterocycles. The highest BCUT2D eigenvalue weighted by Crippen LogP contribution is 2.32. The lowest BCUT2D eigenvalue weighted by Gasteiger charge is -2.29. The first-order valence-electron chi connectivity index (χ1n) is 8.96. The van der Waals surface area contributed by atoms with Crippen LogP contribution in [-0.2, 0) is 28.7 Å². The van der Waals surface area contributed by atoms with Crippen molar-refractivity contribution in [2.24, 2.45) is 5.41 Å². The highest BCUT2D eigenvalue weighted by molar-refractivity contribution is 6.00. The van der Waals surface area contributed by atoms with Crippen molar-refractivity contribution in [3.8, 4) is 0 Å². The second kappa shape index (κ2) is 14.1. The van der Waals surface area contributed by atoms with Gasteiger partial charge in [-0.3, -0.25) is 19.2 Å². The van der Waals surface area contributed by atoms with E-state index in [4.69, 9.17) is 19.7 Å². The van der Waals surface area contributed by atoms with Crippen LogP contribution in [0.1, 0.15) is 73.1 Å². The number of ether oxygens (including phenoxy) is 2. The Morgan fingerprint density at radius 2 is 1.38 bits per heavy atom. The molecule has 26 heavy (non-hydrogen) atoms. The second-order valence-electron chi connectivity index (χ2n) is 5.71. The molecule has 0 saturated carbocycles. The molecular formula is C18H32O8. The maximum atomic E-state index is 12.4. The second-order valence-corrected chi connectivity index (χ2v) is 5.71. The topological polar surface area (TPSA) is 127 Å². The fraction of sp³-hybridized carbons (Fsp3) is 0.778. The zero-order chi connectivity index (χ0) is 20.8. The zero-order valence-corrected chi connectivity index (χ0v) is 16.4. The summed E-state index contributed by atoms with van der Waals surface area (Å²) in [6, 6.07) is 0. The Labute approximate surface area is 154 Å². The molecule has 0 bridgehead atoms. The summed E-state index contributed by atoms with van der Waals surface area (Å²) in [6.45, 7) is 9.76. The lowest BCUT2D eigenvalue weighted by Crippen LogP contribution is -2.43. The average molecular weight is 376 g/mol. The van der Waals surface area contributed by atoms with Crippen molar-refractivity contribution in [2.75, 3.05) is 6.61 Å². The van der Waals surface area contributed by atoms with E-state index in [0.717, 1.165) is 19.3 Å². The quantitative estimate of drug-likeness (QED) is 0.416. The van der Waals surface area contributed by atoms with Crippen LogP contribution in [0.5, 0.6) is 0 Å². The number of rotatable bonds is 11. The van der Waals surface area contributed by atoms with E-state index in [1.807, 2.05) is 27.7 Å². The predicted octanol–water partition coefficient (Wildman–Crippen LogP) is 3.02. The van der Waals surface area contributed by atoms with Crippen molar-refractivity contribution in [3.63, 3.8) is 0 Å². The average Bonchev–Trinajstić information content (AvgIpc) is 2.56. The van der Waals surface area contributed by atoms with Gasteiger partial charge >= 0.3 is 23.9 Å². The minimum Gasteiger partial charge on any atom is -0.481 e. The molecule has 0 saturated heterocycles. The minimum absolute atomic E-state index is 0.121. The Morgan fingerprint density at radius 3 is 1.65 bits per heavy atom. The molecule has 0 spiro atoms. The van der Waals surface area contributed by atoms with Gasteiger partial charge in [0.15, 0.2) is 5.41 Å². The maximum absolute atomic E-state index is 12.4. The molecule has 0 rings (SSSR count). The van der Waals surface area contributed by atoms with Crippen molar-refractivity contribution in [3.05, 3.63) is 0 Å². The monoisotopic (exact) mass is 376 g/mol. The molecule has 0 radical (unpaired) electrons. The van der Waals surface area contributed by atoms with Crippen molar-refractivity contribution < 1.29 is 38.9 Å². The SMILES string of the molecule is CCCC(CC)(C(=O)OCC)C(=O)OC(CC)CC.O=C(O)CC(=O)O. The number of hydrogen-bond donors (Lipinski definition) is 2. The summed E-state index contributed by atoms with van der Waals surface area (Å²) in [6.07, 6.45) is 2.23. The lowest BCUT2D eigenvalue weighted by atomic mass is 9.80. The van der Waals surface area contributed by atoms with Gasteiger partial charge in [0, 0.05) is 0 Å². The van der Waals surface area contributed by atoms with E-state index >= 15 is 0 Å². The molecule has 8 heteroatoms. The number of carbonyl (C=O) groups excluding carboxylic acids is 2. The van der Waals surface area contributed by atoms with E-state index in [-0.39, 0.29) is 12.7 Å². The molecule has 0 amide bonds. The third kappa shape index (κ3) is 9.39. The van der Waals surface area contributed by atoms with Gasteiger partial charge in [0.25, 0.3) is 0 Å². The summed E-state index contributed by atoms with van der Waals surface area (Å²) in [4.78, 5) is 43.4. The predicted molar refractivity (Wildman–Crippen MR) is 94.6 cm³/mol. The molecule has 0 aliphatic carbocycles. The maximum Gasteiger partial charge on any atom is 0.323 e. The van der Waals surface area contributed by atoms with Crippen molar-refractivity contribution in [1.82, 2.24) is 0 Å². The standard InChI is InChI=1S/C15H28O4.C3H4O4/c1-6-11-15(9-4,13(16)18-10-5)14(17)19-12(7-2)8-3;4-2(5)1-3(6)7/h12H,6-11H2,1-5H3;1H2,(H,4,5)(H,6,7). The van der Waals surface area contributed by atoms with Gasteiger partial charge in [-0.05, 0) is 32.6 Å². The molecule has 152 valence electrons. The summed E-state index contributed by atoms with van der Waals surface area (Å²) < 4.78 is 10.6. The smallest absolute Gasteiger partial charge is 0.323 e. The summed E-state index contributed by atoms with van der Waals surface area (Å²) >= 11 is 0. The molecule has 0 fully saturated rings. The molecule has 1 unspecified atom stereocenters. The number of hydrogen-bond acceptors (Lipinski definition) is 6. The van der Waals surface area contributed by atoms with E-state index in [0.29, 0.717) is 12.8 Å². The number of carboxylic acid groups (broad SMARTS) is 2. The van der Waals surface area contributed by atoms with Crippen molar-refractivity contribution in [1.29, 1.82) is 0 Å². The number of carbonyl (C=O) groups is 4. The van der Waals surface area contributed by atoms with Crippen LogP contribution >= 0.6 is 0 Å². The zero-order valence-electron chi connectivity index (χ0n) is 16.4. The Hall–Kier alpha value is -2.12. The molecule has 0 aliphatic heterocycles. The van der Waals surface area contributed by atoms with Crippen LogP contribution in [-0.4, -0.2) is 46.8 Å². The van der Waals surface area contributed by atoms with Crippen molar-refractivity contribution >= 4 is 23.9 Å². The Kier molecular flexibility index (Phi) is 14.2. The Bertz CT molecular complexity index is 444. The Morgan fingerprint density at radius 1 is 0.885 bits per heavy atom. The number of esters is 2. The summed E-state index contributed by atoms with van der Waals surface area (Å²) in [5, 5.41) is 15.4. The van der Waals surface area contributed by atoms with Gasteiger partial charge in [-0.15, -0.1) is 0 Å². The third-order valence-corrected chi connectivity index (χ3v) is 3.82. The largest absolute Gasteiger partial charge is 0.481 e. The fourth-order valence-electron chi connectivity index (χ4n) is 2.30. The van der Waals surface area contributed by atoms with Crippen LogP contribution in [0.3, 0.4) is 0 Å². The molecule has 0 aromatic heterocycles. The molecule has 0 aromatic carbocycles. The van der Waals surface area contributed by atoms with E-state index in [1.54, 1.807) is 6.92 Å². The van der Waals surface area contributed by atoms with E-state index in [9.17, 15) is 19.2 Å². The third-order valence-electron chi connectivity index (χ3n) is 3.82. The Balaban J connectivity index is 0. The number of aliphatic carboxylic acids is 2. The number of carboxylic acids is 2. The van der Waals surface area contributed by atoms with Gasteiger partial charge in [-0.1, -0.05) is 34.1 Å². The van der Waals surface area contributed by atoms with Crippen molar-refractivity contribution in [2.45, 2.75) is 79.2 Å². The first-order valence-corrected chi connectivity index (χ1v) is 8.96. The minimum atomic E-state index is -1.31. The molecule has 8 nitrogen and oxygen atoms in total. The lowest BCUT2D eigenvalue weighted by molar-refractivity contribution is -0.177. The summed E-state index contributed by atoms with van der Waals surface area (Å²) in [7, 11) is 0. The fourth-order valence-corrected chi connectivity index (χ4v) is 2.30. The van der Waals surface area contributed by atoms with Gasteiger partial charge in [0.1, 0.15) is 12.5 Å². The molecule has 1 atom stereocenters. The molecular weight excluding hydrogens is 344 g/mol. The van der Waals surface area contributed by atoms with Crippen LogP contribution in [0.15, 0.2) is 0 Å². The van der Waals surface area contributed by atoms with Gasteiger partial charge < -0.3 is 19.7 Å². The van der Waals surface area contributed by atoms with Crippen LogP contribution in [0.25, 0.3) is 0 Å². The van der Waals surface area contributed by atoms with Gasteiger partial charge in [-0.2, -0.15) is 0 Å². The van der Waals surface area contributed by atoms with Gasteiger partial charge in [0.2, 0.25) is 0 Å².